The standard InChI is InChI=1S/C16H14O3/c1-11(17)16(18)13-8-6-12(7-9-13)14-4-3-5-15(10-14)19-2/h3-10H,1-2H3. The molecule has 0 aliphatic rings. The van der Waals surface area contributed by atoms with E-state index in [1.165, 1.54) is 6.92 Å². The van der Waals surface area contributed by atoms with Crippen molar-refractivity contribution in [3.05, 3.63) is 54.1 Å². The van der Waals surface area contributed by atoms with Gasteiger partial charge in [-0.1, -0.05) is 36.4 Å². The fourth-order valence-electron chi connectivity index (χ4n) is 1.82. The number of hydrogen-bond acceptors (Lipinski definition) is 3. The molecule has 0 radical (unpaired) electrons. The summed E-state index contributed by atoms with van der Waals surface area (Å²) in [7, 11) is 1.62. The van der Waals surface area contributed by atoms with Crippen molar-refractivity contribution in [3.63, 3.8) is 0 Å². The molecular formula is C16H14O3. The molecule has 96 valence electrons. The summed E-state index contributed by atoms with van der Waals surface area (Å²) in [5.41, 5.74) is 2.39. The van der Waals surface area contributed by atoms with Crippen LogP contribution in [0.4, 0.5) is 0 Å². The Morgan fingerprint density at radius 1 is 0.947 bits per heavy atom. The van der Waals surface area contributed by atoms with Gasteiger partial charge in [0.15, 0.2) is 5.78 Å². The van der Waals surface area contributed by atoms with Crippen molar-refractivity contribution in [2.24, 2.45) is 0 Å². The van der Waals surface area contributed by atoms with Gasteiger partial charge in [0.1, 0.15) is 5.75 Å². The fraction of sp³-hybridized carbons (Fsp3) is 0.125. The van der Waals surface area contributed by atoms with E-state index < -0.39 is 11.6 Å². The van der Waals surface area contributed by atoms with Crippen LogP contribution in [0, 0.1) is 0 Å². The van der Waals surface area contributed by atoms with E-state index in [9.17, 15) is 9.59 Å². The van der Waals surface area contributed by atoms with E-state index in [1.54, 1.807) is 19.2 Å². The highest BCUT2D eigenvalue weighted by atomic mass is 16.5. The van der Waals surface area contributed by atoms with Gasteiger partial charge in [0.05, 0.1) is 7.11 Å². The van der Waals surface area contributed by atoms with Gasteiger partial charge in [-0.15, -0.1) is 0 Å². The van der Waals surface area contributed by atoms with Gasteiger partial charge in [0.25, 0.3) is 0 Å². The van der Waals surface area contributed by atoms with Crippen LogP contribution in [-0.2, 0) is 4.79 Å². The van der Waals surface area contributed by atoms with Gasteiger partial charge in [-0.25, -0.2) is 0 Å². The summed E-state index contributed by atoms with van der Waals surface area (Å²) in [4.78, 5) is 22.5. The highest BCUT2D eigenvalue weighted by molar-refractivity contribution is 6.42. The van der Waals surface area contributed by atoms with Gasteiger partial charge in [-0.2, -0.15) is 0 Å². The summed E-state index contributed by atoms with van der Waals surface area (Å²) in [6.45, 7) is 1.28. The minimum absolute atomic E-state index is 0.416. The van der Waals surface area contributed by atoms with Crippen molar-refractivity contribution in [1.82, 2.24) is 0 Å². The molecule has 0 N–H and O–H groups in total. The number of methoxy groups -OCH3 is 1. The van der Waals surface area contributed by atoms with Crippen LogP contribution in [0.25, 0.3) is 11.1 Å². The van der Waals surface area contributed by atoms with Gasteiger partial charge >= 0.3 is 0 Å². The summed E-state index contributed by atoms with van der Waals surface area (Å²) in [6.07, 6.45) is 0. The number of hydrogen-bond donors (Lipinski definition) is 0. The van der Waals surface area contributed by atoms with E-state index in [0.29, 0.717) is 5.56 Å². The molecule has 0 fully saturated rings. The fourth-order valence-corrected chi connectivity index (χ4v) is 1.82. The molecule has 3 nitrogen and oxygen atoms in total. The maximum Gasteiger partial charge on any atom is 0.228 e. The number of benzene rings is 2. The Morgan fingerprint density at radius 3 is 2.21 bits per heavy atom. The summed E-state index contributed by atoms with van der Waals surface area (Å²) < 4.78 is 5.17. The highest BCUT2D eigenvalue weighted by Crippen LogP contribution is 2.24. The number of Topliss-reactive ketones (excluding diaryl/α,β-unsaturated/α-hetero) is 2. The number of carbonyl (C=O) groups excluding carboxylic acids is 2. The van der Waals surface area contributed by atoms with Crippen molar-refractivity contribution >= 4 is 11.6 Å². The van der Waals surface area contributed by atoms with Gasteiger partial charge < -0.3 is 4.74 Å². The van der Waals surface area contributed by atoms with Gasteiger partial charge in [0.2, 0.25) is 5.78 Å². The van der Waals surface area contributed by atoms with E-state index in [0.717, 1.165) is 16.9 Å². The molecule has 0 aliphatic carbocycles. The minimum Gasteiger partial charge on any atom is -0.497 e. The van der Waals surface area contributed by atoms with Gasteiger partial charge in [-0.05, 0) is 23.3 Å². The normalized spacial score (nSPS) is 10.0. The lowest BCUT2D eigenvalue weighted by atomic mass is 10.0. The number of rotatable bonds is 4. The molecule has 0 saturated heterocycles. The van der Waals surface area contributed by atoms with Crippen LogP contribution in [0.1, 0.15) is 17.3 Å². The molecule has 0 aliphatic heterocycles. The Kier molecular flexibility index (Phi) is 3.76. The van der Waals surface area contributed by atoms with Crippen molar-refractivity contribution in [1.29, 1.82) is 0 Å². The van der Waals surface area contributed by atoms with E-state index in [4.69, 9.17) is 4.74 Å². The molecule has 0 saturated carbocycles. The second-order valence-corrected chi connectivity index (χ2v) is 4.19. The minimum atomic E-state index is -0.461. The summed E-state index contributed by atoms with van der Waals surface area (Å²) in [5.74, 6) is -0.132. The highest BCUT2D eigenvalue weighted by Gasteiger charge is 2.10. The van der Waals surface area contributed by atoms with Crippen LogP contribution in [0.15, 0.2) is 48.5 Å². The molecule has 2 rings (SSSR count). The first-order chi connectivity index (χ1) is 9.11. The average Bonchev–Trinajstić information content (AvgIpc) is 2.46. The molecule has 3 heteroatoms. The van der Waals surface area contributed by atoms with Crippen molar-refractivity contribution < 1.29 is 14.3 Å². The summed E-state index contributed by atoms with van der Waals surface area (Å²) in [6, 6.07) is 14.6. The van der Waals surface area contributed by atoms with Crippen LogP contribution in [0.3, 0.4) is 0 Å². The van der Waals surface area contributed by atoms with Crippen LogP contribution >= 0.6 is 0 Å². The lowest BCUT2D eigenvalue weighted by Gasteiger charge is -2.05. The second kappa shape index (κ2) is 5.48. The first-order valence-electron chi connectivity index (χ1n) is 5.91. The lowest BCUT2D eigenvalue weighted by Crippen LogP contribution is -2.09. The molecule has 0 aromatic heterocycles. The zero-order valence-corrected chi connectivity index (χ0v) is 10.8. The molecular weight excluding hydrogens is 240 g/mol. The second-order valence-electron chi connectivity index (χ2n) is 4.19. The third-order valence-electron chi connectivity index (χ3n) is 2.87. The summed E-state index contributed by atoms with van der Waals surface area (Å²) >= 11 is 0. The predicted molar refractivity (Wildman–Crippen MR) is 73.4 cm³/mol. The SMILES string of the molecule is COc1cccc(-c2ccc(C(=O)C(C)=O)cc2)c1. The Bertz CT molecular complexity index is 612. The van der Waals surface area contributed by atoms with Crippen LogP contribution in [0.2, 0.25) is 0 Å². The van der Waals surface area contributed by atoms with Crippen molar-refractivity contribution in [2.75, 3.05) is 7.11 Å². The summed E-state index contributed by atoms with van der Waals surface area (Å²) in [5, 5.41) is 0. The Labute approximate surface area is 111 Å². The zero-order valence-electron chi connectivity index (χ0n) is 10.8. The number of ether oxygens (including phenoxy) is 1. The lowest BCUT2D eigenvalue weighted by molar-refractivity contribution is -0.113. The van der Waals surface area contributed by atoms with E-state index >= 15 is 0 Å². The molecule has 0 unspecified atom stereocenters. The molecule has 2 aromatic carbocycles. The third kappa shape index (κ3) is 2.88. The van der Waals surface area contributed by atoms with E-state index in [-0.39, 0.29) is 0 Å². The van der Waals surface area contributed by atoms with Crippen molar-refractivity contribution in [2.45, 2.75) is 6.92 Å². The van der Waals surface area contributed by atoms with Crippen molar-refractivity contribution in [3.8, 4) is 16.9 Å². The Hall–Kier alpha value is -2.42. The first kappa shape index (κ1) is 13.0. The average molecular weight is 254 g/mol. The topological polar surface area (TPSA) is 43.4 Å². The molecule has 0 spiro atoms. The van der Waals surface area contributed by atoms with E-state index in [2.05, 4.69) is 0 Å². The van der Waals surface area contributed by atoms with Gasteiger partial charge in [-0.3, -0.25) is 9.59 Å². The maximum absolute atomic E-state index is 11.5. The molecule has 0 amide bonds. The molecule has 19 heavy (non-hydrogen) atoms. The molecule has 2 aromatic rings. The number of ketones is 2. The third-order valence-corrected chi connectivity index (χ3v) is 2.87. The number of carbonyl (C=O) groups is 2. The zero-order chi connectivity index (χ0) is 13.8. The Morgan fingerprint density at radius 2 is 1.63 bits per heavy atom. The first-order valence-corrected chi connectivity index (χ1v) is 5.91. The molecule has 0 atom stereocenters. The monoisotopic (exact) mass is 254 g/mol. The largest absolute Gasteiger partial charge is 0.497 e. The predicted octanol–water partition coefficient (Wildman–Crippen LogP) is 3.13. The smallest absolute Gasteiger partial charge is 0.228 e. The van der Waals surface area contributed by atoms with Crippen LogP contribution < -0.4 is 4.74 Å². The molecule has 0 bridgehead atoms. The van der Waals surface area contributed by atoms with E-state index in [1.807, 2.05) is 36.4 Å². The maximum atomic E-state index is 11.5. The van der Waals surface area contributed by atoms with Crippen LogP contribution in [-0.4, -0.2) is 18.7 Å². The molecule has 0 heterocycles. The quantitative estimate of drug-likeness (QED) is 0.622. The Balaban J connectivity index is 2.32. The van der Waals surface area contributed by atoms with Crippen LogP contribution in [0.5, 0.6) is 5.75 Å². The van der Waals surface area contributed by atoms with Gasteiger partial charge in [0, 0.05) is 12.5 Å².